The van der Waals surface area contributed by atoms with Crippen molar-refractivity contribution in [2.24, 2.45) is 11.8 Å². The van der Waals surface area contributed by atoms with Gasteiger partial charge in [-0.3, -0.25) is 0 Å². The molecule has 15 heavy (non-hydrogen) atoms. The van der Waals surface area contributed by atoms with Crippen LogP contribution in [0, 0.1) is 11.8 Å². The van der Waals surface area contributed by atoms with Crippen LogP contribution in [0.4, 0.5) is 0 Å². The average Bonchev–Trinajstić information content (AvgIpc) is 2.71. The molecule has 0 spiro atoms. The topological polar surface area (TPSA) is 29.5 Å². The summed E-state index contributed by atoms with van der Waals surface area (Å²) >= 11 is 0. The van der Waals surface area contributed by atoms with Crippen LogP contribution in [0.3, 0.4) is 0 Å². The maximum absolute atomic E-state index is 10.5. The second-order valence-electron chi connectivity index (χ2n) is 5.32. The number of rotatable bonds is 2. The molecule has 2 rings (SSSR count). The van der Waals surface area contributed by atoms with Crippen molar-refractivity contribution in [2.75, 3.05) is 6.61 Å². The summed E-state index contributed by atoms with van der Waals surface area (Å²) in [6.07, 6.45) is 7.05. The highest BCUT2D eigenvalue weighted by Crippen LogP contribution is 2.41. The zero-order valence-electron chi connectivity index (χ0n) is 9.83. The second-order valence-corrected chi connectivity index (χ2v) is 5.32. The number of aliphatic hydroxyl groups is 1. The summed E-state index contributed by atoms with van der Waals surface area (Å²) < 4.78 is 5.50. The van der Waals surface area contributed by atoms with Gasteiger partial charge in [0.2, 0.25) is 0 Å². The van der Waals surface area contributed by atoms with Crippen molar-refractivity contribution in [1.29, 1.82) is 0 Å². The minimum absolute atomic E-state index is 0.637. The summed E-state index contributed by atoms with van der Waals surface area (Å²) in [6.45, 7) is 5.31. The summed E-state index contributed by atoms with van der Waals surface area (Å²) in [4.78, 5) is 0. The Morgan fingerprint density at radius 1 is 1.40 bits per heavy atom. The molecule has 0 radical (unpaired) electrons. The molecule has 1 fully saturated rings. The van der Waals surface area contributed by atoms with E-state index in [1.165, 1.54) is 0 Å². The average molecular weight is 210 g/mol. The Balaban J connectivity index is 1.96. The molecular weight excluding hydrogens is 188 g/mol. The Kier molecular flexibility index (Phi) is 3.06. The summed E-state index contributed by atoms with van der Waals surface area (Å²) in [5.41, 5.74) is -0.637. The van der Waals surface area contributed by atoms with Gasteiger partial charge in [0, 0.05) is 6.42 Å². The van der Waals surface area contributed by atoms with Gasteiger partial charge in [-0.15, -0.1) is 0 Å². The monoisotopic (exact) mass is 210 g/mol. The smallest absolute Gasteiger partial charge is 0.124 e. The van der Waals surface area contributed by atoms with Gasteiger partial charge in [0.15, 0.2) is 0 Å². The third-order valence-electron chi connectivity index (χ3n) is 3.96. The molecule has 2 nitrogen and oxygen atoms in total. The first-order chi connectivity index (χ1) is 7.12. The van der Waals surface area contributed by atoms with Gasteiger partial charge in [0.05, 0.1) is 6.61 Å². The molecule has 0 unspecified atom stereocenters. The van der Waals surface area contributed by atoms with Crippen LogP contribution in [-0.4, -0.2) is 17.3 Å². The first-order valence-corrected chi connectivity index (χ1v) is 6.17. The fourth-order valence-electron chi connectivity index (χ4n) is 2.77. The van der Waals surface area contributed by atoms with E-state index in [4.69, 9.17) is 4.74 Å². The summed E-state index contributed by atoms with van der Waals surface area (Å²) in [6, 6.07) is 0. The minimum Gasteiger partial charge on any atom is -0.495 e. The number of ether oxygens (including phenoxy) is 1. The van der Waals surface area contributed by atoms with Crippen molar-refractivity contribution >= 4 is 0 Å². The van der Waals surface area contributed by atoms with E-state index in [9.17, 15) is 5.11 Å². The molecule has 1 aliphatic carbocycles. The van der Waals surface area contributed by atoms with Crippen LogP contribution < -0.4 is 0 Å². The van der Waals surface area contributed by atoms with Crippen LogP contribution in [0.15, 0.2) is 11.8 Å². The molecule has 1 aliphatic heterocycles. The maximum atomic E-state index is 10.5. The lowest BCUT2D eigenvalue weighted by Crippen LogP contribution is -2.37. The van der Waals surface area contributed by atoms with Crippen LogP contribution in [-0.2, 0) is 4.74 Å². The Morgan fingerprint density at radius 3 is 2.53 bits per heavy atom. The molecular formula is C13H22O2. The SMILES string of the molecule is CC(C)C1CCC(O)(C2=CCCO2)CC1. The number of hydrogen-bond donors (Lipinski definition) is 1. The number of hydrogen-bond acceptors (Lipinski definition) is 2. The van der Waals surface area contributed by atoms with Crippen LogP contribution in [0.25, 0.3) is 0 Å². The van der Waals surface area contributed by atoms with Gasteiger partial charge >= 0.3 is 0 Å². The molecule has 0 aromatic carbocycles. The van der Waals surface area contributed by atoms with E-state index in [0.29, 0.717) is 0 Å². The highest BCUT2D eigenvalue weighted by Gasteiger charge is 2.39. The fourth-order valence-corrected chi connectivity index (χ4v) is 2.77. The fraction of sp³-hybridized carbons (Fsp3) is 0.846. The van der Waals surface area contributed by atoms with Crippen molar-refractivity contribution in [3.8, 4) is 0 Å². The van der Waals surface area contributed by atoms with Crippen molar-refractivity contribution in [2.45, 2.75) is 51.6 Å². The van der Waals surface area contributed by atoms with E-state index in [1.807, 2.05) is 0 Å². The van der Waals surface area contributed by atoms with Crippen molar-refractivity contribution < 1.29 is 9.84 Å². The second kappa shape index (κ2) is 4.17. The zero-order chi connectivity index (χ0) is 10.9. The quantitative estimate of drug-likeness (QED) is 0.759. The van der Waals surface area contributed by atoms with Gasteiger partial charge in [-0.25, -0.2) is 0 Å². The predicted molar refractivity (Wildman–Crippen MR) is 60.4 cm³/mol. The van der Waals surface area contributed by atoms with E-state index < -0.39 is 5.60 Å². The Hall–Kier alpha value is -0.500. The molecule has 0 amide bonds. The van der Waals surface area contributed by atoms with E-state index in [-0.39, 0.29) is 0 Å². The summed E-state index contributed by atoms with van der Waals surface area (Å²) in [7, 11) is 0. The van der Waals surface area contributed by atoms with Gasteiger partial charge in [0.1, 0.15) is 11.4 Å². The Labute approximate surface area is 92.3 Å². The van der Waals surface area contributed by atoms with E-state index >= 15 is 0 Å². The van der Waals surface area contributed by atoms with Crippen LogP contribution >= 0.6 is 0 Å². The molecule has 0 atom stereocenters. The Bertz CT molecular complexity index is 247. The molecule has 2 heteroatoms. The summed E-state index contributed by atoms with van der Waals surface area (Å²) in [5, 5.41) is 10.5. The van der Waals surface area contributed by atoms with Crippen LogP contribution in [0.2, 0.25) is 0 Å². The van der Waals surface area contributed by atoms with E-state index in [1.54, 1.807) is 0 Å². The van der Waals surface area contributed by atoms with Gasteiger partial charge in [0.25, 0.3) is 0 Å². The summed E-state index contributed by atoms with van der Waals surface area (Å²) in [5.74, 6) is 2.38. The molecule has 2 aliphatic rings. The highest BCUT2D eigenvalue weighted by molar-refractivity contribution is 5.14. The van der Waals surface area contributed by atoms with Gasteiger partial charge in [-0.05, 0) is 43.6 Å². The van der Waals surface area contributed by atoms with Crippen molar-refractivity contribution in [3.63, 3.8) is 0 Å². The van der Waals surface area contributed by atoms with Gasteiger partial charge < -0.3 is 9.84 Å². The molecule has 0 aromatic rings. The maximum Gasteiger partial charge on any atom is 0.124 e. The third kappa shape index (κ3) is 2.20. The van der Waals surface area contributed by atoms with E-state index in [2.05, 4.69) is 19.9 Å². The van der Waals surface area contributed by atoms with Gasteiger partial charge in [-0.1, -0.05) is 13.8 Å². The molecule has 1 heterocycles. The molecule has 1 saturated carbocycles. The molecule has 0 saturated heterocycles. The van der Waals surface area contributed by atoms with Crippen LogP contribution in [0.1, 0.15) is 46.0 Å². The highest BCUT2D eigenvalue weighted by atomic mass is 16.5. The van der Waals surface area contributed by atoms with E-state index in [0.717, 1.165) is 56.3 Å². The lowest BCUT2D eigenvalue weighted by molar-refractivity contribution is -0.0251. The minimum atomic E-state index is -0.637. The van der Waals surface area contributed by atoms with Gasteiger partial charge in [-0.2, -0.15) is 0 Å². The molecule has 0 bridgehead atoms. The predicted octanol–water partition coefficient (Wildman–Crippen LogP) is 2.87. The molecule has 86 valence electrons. The normalized spacial score (nSPS) is 36.5. The third-order valence-corrected chi connectivity index (χ3v) is 3.96. The van der Waals surface area contributed by atoms with Crippen molar-refractivity contribution in [1.82, 2.24) is 0 Å². The Morgan fingerprint density at radius 2 is 2.07 bits per heavy atom. The first-order valence-electron chi connectivity index (χ1n) is 6.17. The zero-order valence-corrected chi connectivity index (χ0v) is 9.83. The van der Waals surface area contributed by atoms with Crippen LogP contribution in [0.5, 0.6) is 0 Å². The standard InChI is InChI=1S/C13H22O2/c1-10(2)11-5-7-13(14,8-6-11)12-4-3-9-15-12/h4,10-11,14H,3,5-9H2,1-2H3. The molecule has 0 aromatic heterocycles. The molecule has 1 N–H and O–H groups in total. The lowest BCUT2D eigenvalue weighted by atomic mass is 9.74. The first kappa shape index (κ1) is 11.0. The largest absolute Gasteiger partial charge is 0.495 e. The van der Waals surface area contributed by atoms with Crippen molar-refractivity contribution in [3.05, 3.63) is 11.8 Å². The lowest BCUT2D eigenvalue weighted by Gasteiger charge is -2.37.